The lowest BCUT2D eigenvalue weighted by Crippen LogP contribution is -2.26. The third kappa shape index (κ3) is 3.26. The van der Waals surface area contributed by atoms with Crippen LogP contribution in [0, 0.1) is 11.8 Å². The van der Waals surface area contributed by atoms with Gasteiger partial charge in [-0.05, 0) is 12.1 Å². The van der Waals surface area contributed by atoms with Gasteiger partial charge in [-0.25, -0.2) is 8.42 Å². The van der Waals surface area contributed by atoms with Crippen LogP contribution in [0.3, 0.4) is 0 Å². The summed E-state index contributed by atoms with van der Waals surface area (Å²) >= 11 is 1.47. The second-order valence-electron chi connectivity index (χ2n) is 3.99. The molecule has 0 unspecified atom stereocenters. The van der Waals surface area contributed by atoms with Crippen LogP contribution in [0.2, 0.25) is 0 Å². The Bertz CT molecular complexity index is 723. The van der Waals surface area contributed by atoms with Crippen molar-refractivity contribution in [1.29, 1.82) is 0 Å². The van der Waals surface area contributed by atoms with E-state index in [0.717, 1.165) is 10.4 Å². The zero-order valence-electron chi connectivity index (χ0n) is 10.8. The molecule has 0 aliphatic rings. The summed E-state index contributed by atoms with van der Waals surface area (Å²) in [6.45, 7) is 0.593. The molecule has 6 nitrogen and oxygen atoms in total. The number of nitrogens with one attached hydrogen (secondary N) is 1. The van der Waals surface area contributed by atoms with Gasteiger partial charge in [0.2, 0.25) is 0 Å². The number of thiophene rings is 1. The lowest BCUT2D eigenvalue weighted by molar-refractivity contribution is 0.466. The van der Waals surface area contributed by atoms with Gasteiger partial charge in [0.1, 0.15) is 0 Å². The summed E-state index contributed by atoms with van der Waals surface area (Å²) in [7, 11) is -2.01. The fourth-order valence-corrected chi connectivity index (χ4v) is 3.54. The van der Waals surface area contributed by atoms with Gasteiger partial charge in [-0.15, -0.1) is 11.3 Å². The molecule has 0 aromatic carbocycles. The summed E-state index contributed by atoms with van der Waals surface area (Å²) in [6, 6.07) is 3.30. The van der Waals surface area contributed by atoms with Crippen LogP contribution in [0.4, 0.5) is 0 Å². The van der Waals surface area contributed by atoms with Crippen molar-refractivity contribution in [3.05, 3.63) is 34.2 Å². The average Bonchev–Trinajstić information content (AvgIpc) is 3.07. The second-order valence-corrected chi connectivity index (χ2v) is 7.00. The van der Waals surface area contributed by atoms with E-state index in [1.165, 1.54) is 35.0 Å². The summed E-state index contributed by atoms with van der Waals surface area (Å²) < 4.78 is 25.7. The molecule has 0 aliphatic heterocycles. The molecule has 0 aliphatic carbocycles. The van der Waals surface area contributed by atoms with Gasteiger partial charge in [0.25, 0.3) is 10.0 Å². The SMILES string of the molecule is CN(Cc1cc(C#CCN)cs1)S(=O)(=O)c1ccn[nH]1. The van der Waals surface area contributed by atoms with Gasteiger partial charge >= 0.3 is 0 Å². The van der Waals surface area contributed by atoms with Crippen LogP contribution in [0.1, 0.15) is 10.4 Å². The molecule has 3 N–H and O–H groups in total. The third-order valence-corrected chi connectivity index (χ3v) is 5.18. The molecule has 8 heteroatoms. The number of hydrogen-bond donors (Lipinski definition) is 2. The van der Waals surface area contributed by atoms with Gasteiger partial charge in [0, 0.05) is 29.4 Å². The maximum atomic E-state index is 12.2. The molecule has 0 amide bonds. The van der Waals surface area contributed by atoms with Crippen molar-refractivity contribution in [3.8, 4) is 11.8 Å². The summed E-state index contributed by atoms with van der Waals surface area (Å²) in [5.74, 6) is 5.68. The van der Waals surface area contributed by atoms with Crippen LogP contribution < -0.4 is 5.73 Å². The summed E-state index contributed by atoms with van der Waals surface area (Å²) in [4.78, 5) is 0.914. The van der Waals surface area contributed by atoms with Crippen LogP contribution in [0.15, 0.2) is 28.7 Å². The number of sulfonamides is 1. The van der Waals surface area contributed by atoms with Crippen molar-refractivity contribution >= 4 is 21.4 Å². The fraction of sp³-hybridized carbons (Fsp3) is 0.250. The Kier molecular flexibility index (Phi) is 4.57. The number of H-pyrrole nitrogens is 1. The Morgan fingerprint density at radius 1 is 1.55 bits per heavy atom. The van der Waals surface area contributed by atoms with Crippen molar-refractivity contribution in [2.45, 2.75) is 11.6 Å². The summed E-state index contributed by atoms with van der Waals surface area (Å²) in [5.41, 5.74) is 6.16. The molecule has 0 radical (unpaired) electrons. The summed E-state index contributed by atoms with van der Waals surface area (Å²) in [6.07, 6.45) is 1.41. The van der Waals surface area contributed by atoms with E-state index in [9.17, 15) is 8.42 Å². The first-order chi connectivity index (χ1) is 9.54. The van der Waals surface area contributed by atoms with Crippen LogP contribution >= 0.6 is 11.3 Å². The lowest BCUT2D eigenvalue weighted by Gasteiger charge is -2.14. The molecule has 0 fully saturated rings. The number of aromatic amines is 1. The van der Waals surface area contributed by atoms with E-state index in [2.05, 4.69) is 22.0 Å². The minimum Gasteiger partial charge on any atom is -0.320 e. The van der Waals surface area contributed by atoms with E-state index in [4.69, 9.17) is 5.73 Å². The van der Waals surface area contributed by atoms with Crippen molar-refractivity contribution in [1.82, 2.24) is 14.5 Å². The van der Waals surface area contributed by atoms with Gasteiger partial charge in [0.15, 0.2) is 5.03 Å². The fourth-order valence-electron chi connectivity index (χ4n) is 1.54. The lowest BCUT2D eigenvalue weighted by atomic mass is 10.3. The van der Waals surface area contributed by atoms with Crippen LogP contribution in [0.5, 0.6) is 0 Å². The molecule has 2 rings (SSSR count). The number of rotatable bonds is 4. The van der Waals surface area contributed by atoms with E-state index in [-0.39, 0.29) is 11.6 Å². The Hall–Kier alpha value is -1.66. The number of hydrogen-bond acceptors (Lipinski definition) is 5. The molecule has 0 saturated carbocycles. The molecule has 2 heterocycles. The molecule has 0 bridgehead atoms. The van der Waals surface area contributed by atoms with E-state index < -0.39 is 10.0 Å². The standard InChI is InChI=1S/C12H14N4O2S2/c1-16(20(17,18)12-4-6-14-15-12)8-11-7-10(9-19-11)3-2-5-13/h4,6-7,9H,5,8,13H2,1H3,(H,14,15). The van der Waals surface area contributed by atoms with E-state index >= 15 is 0 Å². The molecule has 20 heavy (non-hydrogen) atoms. The minimum atomic E-state index is -3.54. The Morgan fingerprint density at radius 2 is 2.35 bits per heavy atom. The van der Waals surface area contributed by atoms with E-state index in [1.54, 1.807) is 0 Å². The van der Waals surface area contributed by atoms with Crippen molar-refractivity contribution in [2.75, 3.05) is 13.6 Å². The zero-order valence-corrected chi connectivity index (χ0v) is 12.5. The molecule has 2 aromatic rings. The highest BCUT2D eigenvalue weighted by Crippen LogP contribution is 2.19. The van der Waals surface area contributed by atoms with Crippen molar-refractivity contribution in [3.63, 3.8) is 0 Å². The maximum absolute atomic E-state index is 12.2. The monoisotopic (exact) mass is 310 g/mol. The second kappa shape index (κ2) is 6.19. The predicted molar refractivity (Wildman–Crippen MR) is 77.5 cm³/mol. The van der Waals surface area contributed by atoms with E-state index in [0.29, 0.717) is 6.54 Å². The maximum Gasteiger partial charge on any atom is 0.260 e. The number of nitrogens with two attached hydrogens (primary N) is 1. The third-order valence-electron chi connectivity index (χ3n) is 2.53. The van der Waals surface area contributed by atoms with Gasteiger partial charge in [-0.1, -0.05) is 11.8 Å². The topological polar surface area (TPSA) is 92.1 Å². The quantitative estimate of drug-likeness (QED) is 0.809. The number of aromatic nitrogens is 2. The molecular formula is C12H14N4O2S2. The molecule has 2 aromatic heterocycles. The normalized spacial score (nSPS) is 11.3. The van der Waals surface area contributed by atoms with Gasteiger partial charge in [-0.3, -0.25) is 5.10 Å². The highest BCUT2D eigenvalue weighted by molar-refractivity contribution is 7.89. The molecule has 0 saturated heterocycles. The molecule has 106 valence electrons. The van der Waals surface area contributed by atoms with Crippen LogP contribution in [-0.2, 0) is 16.6 Å². The Labute approximate surface area is 121 Å². The van der Waals surface area contributed by atoms with Crippen LogP contribution in [0.25, 0.3) is 0 Å². The largest absolute Gasteiger partial charge is 0.320 e. The molecular weight excluding hydrogens is 296 g/mol. The minimum absolute atomic E-state index is 0.0831. The van der Waals surface area contributed by atoms with Gasteiger partial charge < -0.3 is 5.73 Å². The van der Waals surface area contributed by atoms with Crippen LogP contribution in [-0.4, -0.2) is 36.5 Å². The first-order valence-corrected chi connectivity index (χ1v) is 8.08. The van der Waals surface area contributed by atoms with Crippen molar-refractivity contribution in [2.24, 2.45) is 5.73 Å². The smallest absolute Gasteiger partial charge is 0.260 e. The molecule has 0 atom stereocenters. The first-order valence-electron chi connectivity index (χ1n) is 5.76. The highest BCUT2D eigenvalue weighted by atomic mass is 32.2. The van der Waals surface area contributed by atoms with Gasteiger partial charge in [-0.2, -0.15) is 9.40 Å². The van der Waals surface area contributed by atoms with E-state index in [1.807, 2.05) is 11.4 Å². The predicted octanol–water partition coefficient (Wildman–Crippen LogP) is 0.602. The summed E-state index contributed by atoms with van der Waals surface area (Å²) in [5, 5.41) is 8.09. The zero-order chi connectivity index (χ0) is 14.6. The first kappa shape index (κ1) is 14.7. The van der Waals surface area contributed by atoms with Gasteiger partial charge in [0.05, 0.1) is 12.7 Å². The van der Waals surface area contributed by atoms with Crippen molar-refractivity contribution < 1.29 is 8.42 Å². The number of nitrogens with zero attached hydrogens (tertiary/aromatic N) is 2. The highest BCUT2D eigenvalue weighted by Gasteiger charge is 2.22. The average molecular weight is 310 g/mol. The Balaban J connectivity index is 2.12. The molecule has 0 spiro atoms. The Morgan fingerprint density at radius 3 is 3.00 bits per heavy atom.